The van der Waals surface area contributed by atoms with Gasteiger partial charge in [0.2, 0.25) is 0 Å². The summed E-state index contributed by atoms with van der Waals surface area (Å²) in [5.41, 5.74) is 0.964. The second-order valence-corrected chi connectivity index (χ2v) is 8.57. The molecule has 1 aliphatic heterocycles. The fourth-order valence-corrected chi connectivity index (χ4v) is 5.12. The van der Waals surface area contributed by atoms with Gasteiger partial charge >= 0.3 is 0 Å². The molecular formula is C21H26NO3S-. The Kier molecular flexibility index (Phi) is 6.12. The standard InChI is InChI=1S/C21H27NO3S/c23-26(24,25)18-21(19-10-4-1-5-11-19,20-12-6-2-7-13-20)14-17-22-15-8-3-9-16-22/h1-2,4-7,10-13H,3,8-9,14-18H2,(H,23,24,25)/p-1. The second kappa shape index (κ2) is 8.33. The molecule has 140 valence electrons. The Labute approximate surface area is 156 Å². The number of benzene rings is 2. The number of likely N-dealkylation sites (tertiary alicyclic amines) is 1. The van der Waals surface area contributed by atoms with E-state index in [-0.39, 0.29) is 0 Å². The summed E-state index contributed by atoms with van der Waals surface area (Å²) in [6.07, 6.45) is 4.24. The van der Waals surface area contributed by atoms with E-state index in [1.165, 1.54) is 19.3 Å². The number of hydrogen-bond donors (Lipinski definition) is 0. The second-order valence-electron chi connectivity index (χ2n) is 7.17. The minimum Gasteiger partial charge on any atom is -0.748 e. The van der Waals surface area contributed by atoms with Crippen LogP contribution in [0.3, 0.4) is 0 Å². The molecule has 0 unspecified atom stereocenters. The lowest BCUT2D eigenvalue weighted by molar-refractivity contribution is 0.213. The summed E-state index contributed by atoms with van der Waals surface area (Å²) in [7, 11) is -4.40. The first-order valence-corrected chi connectivity index (χ1v) is 10.8. The fraction of sp³-hybridized carbons (Fsp3) is 0.429. The minimum atomic E-state index is -4.40. The van der Waals surface area contributed by atoms with Crippen LogP contribution in [0.25, 0.3) is 0 Å². The van der Waals surface area contributed by atoms with Crippen molar-refractivity contribution in [1.82, 2.24) is 4.90 Å². The van der Waals surface area contributed by atoms with Crippen molar-refractivity contribution in [3.05, 3.63) is 71.8 Å². The molecule has 0 radical (unpaired) electrons. The molecule has 1 heterocycles. The van der Waals surface area contributed by atoms with Crippen molar-refractivity contribution in [2.24, 2.45) is 0 Å². The van der Waals surface area contributed by atoms with Crippen molar-refractivity contribution >= 4 is 10.1 Å². The zero-order valence-electron chi connectivity index (χ0n) is 15.0. The monoisotopic (exact) mass is 372 g/mol. The molecular weight excluding hydrogens is 346 g/mol. The van der Waals surface area contributed by atoms with E-state index in [0.29, 0.717) is 6.42 Å². The summed E-state index contributed by atoms with van der Waals surface area (Å²) in [5.74, 6) is -0.415. The molecule has 5 heteroatoms. The number of piperidine rings is 1. The maximum absolute atomic E-state index is 11.9. The first-order valence-electron chi connectivity index (χ1n) is 9.27. The first-order chi connectivity index (χ1) is 12.5. The molecule has 1 fully saturated rings. The van der Waals surface area contributed by atoms with Crippen molar-refractivity contribution in [2.75, 3.05) is 25.4 Å². The van der Waals surface area contributed by atoms with Crippen LogP contribution >= 0.6 is 0 Å². The van der Waals surface area contributed by atoms with Crippen LogP contribution in [0.15, 0.2) is 60.7 Å². The van der Waals surface area contributed by atoms with Crippen molar-refractivity contribution in [2.45, 2.75) is 31.1 Å². The van der Waals surface area contributed by atoms with Gasteiger partial charge in [0.25, 0.3) is 0 Å². The summed E-state index contributed by atoms with van der Waals surface area (Å²) >= 11 is 0. The summed E-state index contributed by atoms with van der Waals surface area (Å²) in [6, 6.07) is 19.2. The molecule has 2 aromatic carbocycles. The lowest BCUT2D eigenvalue weighted by Crippen LogP contribution is -2.41. The van der Waals surface area contributed by atoms with Gasteiger partial charge in [-0.2, -0.15) is 0 Å². The van der Waals surface area contributed by atoms with Gasteiger partial charge in [-0.25, -0.2) is 8.42 Å². The maximum Gasteiger partial charge on any atom is 0.0958 e. The third kappa shape index (κ3) is 4.72. The van der Waals surface area contributed by atoms with Crippen molar-refractivity contribution < 1.29 is 13.0 Å². The Bertz CT molecular complexity index is 745. The van der Waals surface area contributed by atoms with Gasteiger partial charge < -0.3 is 9.45 Å². The quantitative estimate of drug-likeness (QED) is 0.699. The van der Waals surface area contributed by atoms with E-state index in [1.807, 2.05) is 60.7 Å². The SMILES string of the molecule is O=S(=O)([O-])CC(CCN1CCCCC1)(c1ccccc1)c1ccccc1. The van der Waals surface area contributed by atoms with Crippen LogP contribution in [-0.2, 0) is 15.5 Å². The van der Waals surface area contributed by atoms with E-state index in [1.54, 1.807) is 0 Å². The van der Waals surface area contributed by atoms with Crippen LogP contribution in [0.1, 0.15) is 36.8 Å². The largest absolute Gasteiger partial charge is 0.748 e. The van der Waals surface area contributed by atoms with Crippen LogP contribution in [0.4, 0.5) is 0 Å². The topological polar surface area (TPSA) is 60.4 Å². The lowest BCUT2D eigenvalue weighted by Gasteiger charge is -2.38. The smallest absolute Gasteiger partial charge is 0.0958 e. The molecule has 26 heavy (non-hydrogen) atoms. The number of rotatable bonds is 7. The number of nitrogens with zero attached hydrogens (tertiary/aromatic N) is 1. The van der Waals surface area contributed by atoms with Crippen LogP contribution < -0.4 is 0 Å². The van der Waals surface area contributed by atoms with Crippen LogP contribution in [0, 0.1) is 0 Å². The van der Waals surface area contributed by atoms with E-state index < -0.39 is 21.3 Å². The molecule has 4 nitrogen and oxygen atoms in total. The van der Waals surface area contributed by atoms with Gasteiger partial charge in [0.1, 0.15) is 0 Å². The fourth-order valence-electron chi connectivity index (χ4n) is 4.04. The Morgan fingerprint density at radius 3 is 1.81 bits per heavy atom. The zero-order valence-corrected chi connectivity index (χ0v) is 15.8. The van der Waals surface area contributed by atoms with Crippen molar-refractivity contribution in [3.63, 3.8) is 0 Å². The molecule has 0 aromatic heterocycles. The highest BCUT2D eigenvalue weighted by Crippen LogP contribution is 2.37. The highest BCUT2D eigenvalue weighted by molar-refractivity contribution is 7.85. The normalized spacial score (nSPS) is 16.5. The lowest BCUT2D eigenvalue weighted by atomic mass is 9.73. The minimum absolute atomic E-state index is 0.415. The third-order valence-corrected chi connectivity index (χ3v) is 6.23. The molecule has 0 N–H and O–H groups in total. The van der Waals surface area contributed by atoms with Gasteiger partial charge in [-0.15, -0.1) is 0 Å². The van der Waals surface area contributed by atoms with Crippen LogP contribution in [0.5, 0.6) is 0 Å². The van der Waals surface area contributed by atoms with E-state index in [9.17, 15) is 13.0 Å². The summed E-state index contributed by atoms with van der Waals surface area (Å²) in [5, 5.41) is 0. The number of hydrogen-bond acceptors (Lipinski definition) is 4. The van der Waals surface area contributed by atoms with E-state index in [2.05, 4.69) is 4.90 Å². The van der Waals surface area contributed by atoms with Crippen molar-refractivity contribution in [1.29, 1.82) is 0 Å². The molecule has 0 atom stereocenters. The molecule has 0 amide bonds. The zero-order chi connectivity index (χ0) is 18.5. The summed E-state index contributed by atoms with van der Waals surface area (Å²) < 4.78 is 35.6. The van der Waals surface area contributed by atoms with Crippen LogP contribution in [-0.4, -0.2) is 43.3 Å². The molecule has 0 saturated carbocycles. The molecule has 1 saturated heterocycles. The Morgan fingerprint density at radius 1 is 0.846 bits per heavy atom. The van der Waals surface area contributed by atoms with Gasteiger partial charge in [0.05, 0.1) is 15.9 Å². The molecule has 0 bridgehead atoms. The average Bonchev–Trinajstić information content (AvgIpc) is 2.66. The third-order valence-electron chi connectivity index (χ3n) is 5.38. The Morgan fingerprint density at radius 2 is 1.35 bits per heavy atom. The van der Waals surface area contributed by atoms with Crippen LogP contribution in [0.2, 0.25) is 0 Å². The van der Waals surface area contributed by atoms with Gasteiger partial charge in [0.15, 0.2) is 0 Å². The Hall–Kier alpha value is -1.69. The van der Waals surface area contributed by atoms with E-state index >= 15 is 0 Å². The highest BCUT2D eigenvalue weighted by atomic mass is 32.2. The average molecular weight is 373 g/mol. The van der Waals surface area contributed by atoms with Gasteiger partial charge in [-0.1, -0.05) is 67.1 Å². The first kappa shape index (κ1) is 19.1. The van der Waals surface area contributed by atoms with E-state index in [4.69, 9.17) is 0 Å². The molecule has 2 aromatic rings. The summed E-state index contributed by atoms with van der Waals surface area (Å²) in [4.78, 5) is 2.39. The maximum atomic E-state index is 11.9. The van der Waals surface area contributed by atoms with Crippen molar-refractivity contribution in [3.8, 4) is 0 Å². The molecule has 1 aliphatic rings. The van der Waals surface area contributed by atoms with Gasteiger partial charge in [-0.05, 0) is 50.0 Å². The van der Waals surface area contributed by atoms with E-state index in [0.717, 1.165) is 30.8 Å². The highest BCUT2D eigenvalue weighted by Gasteiger charge is 2.36. The molecule has 0 aliphatic carbocycles. The molecule has 3 rings (SSSR count). The predicted molar refractivity (Wildman–Crippen MR) is 103 cm³/mol. The van der Waals surface area contributed by atoms with Gasteiger partial charge in [-0.3, -0.25) is 0 Å². The summed E-state index contributed by atoms with van der Waals surface area (Å²) in [6.45, 7) is 2.88. The predicted octanol–water partition coefficient (Wildman–Crippen LogP) is 3.39. The molecule has 0 spiro atoms. The Balaban J connectivity index is 2.02. The van der Waals surface area contributed by atoms with Gasteiger partial charge in [0, 0.05) is 5.41 Å².